The van der Waals surface area contributed by atoms with E-state index in [0.717, 1.165) is 0 Å². The van der Waals surface area contributed by atoms with E-state index in [1.807, 2.05) is 18.2 Å². The summed E-state index contributed by atoms with van der Waals surface area (Å²) in [7, 11) is 0. The minimum absolute atomic E-state index is 0.136. The molecule has 1 heterocycles. The summed E-state index contributed by atoms with van der Waals surface area (Å²) in [6.07, 6.45) is 1.35. The maximum absolute atomic E-state index is 12.0. The van der Waals surface area contributed by atoms with Crippen LogP contribution in [0.2, 0.25) is 0 Å². The Morgan fingerprint density at radius 3 is 2.67 bits per heavy atom. The zero-order chi connectivity index (χ0) is 17.5. The van der Waals surface area contributed by atoms with Crippen LogP contribution in [0.5, 0.6) is 0 Å². The van der Waals surface area contributed by atoms with Crippen LogP contribution in [0.25, 0.3) is 6.08 Å². The molecule has 0 saturated carbocycles. The zero-order valence-electron chi connectivity index (χ0n) is 13.2. The molecule has 0 aliphatic carbocycles. The van der Waals surface area contributed by atoms with Gasteiger partial charge in [-0.2, -0.15) is 5.26 Å². The second-order valence-electron chi connectivity index (χ2n) is 4.64. The fourth-order valence-electron chi connectivity index (χ4n) is 1.94. The number of anilines is 2. The van der Waals surface area contributed by atoms with Gasteiger partial charge in [0.25, 0.3) is 0 Å². The molecule has 0 radical (unpaired) electrons. The number of nitrogens with zero attached hydrogens (tertiary/aromatic N) is 3. The number of hydrogen-bond donors (Lipinski definition) is 0. The number of nitriles is 1. The number of ether oxygens (including phenoxy) is 1. The molecule has 0 aliphatic rings. The van der Waals surface area contributed by atoms with Crippen LogP contribution in [0.3, 0.4) is 0 Å². The molecule has 0 unspecified atom stereocenters. The maximum atomic E-state index is 12.0. The van der Waals surface area contributed by atoms with E-state index in [1.165, 1.54) is 29.2 Å². The fourth-order valence-corrected chi connectivity index (χ4v) is 2.79. The first-order valence-electron chi connectivity index (χ1n) is 7.17. The number of esters is 1. The Labute approximate surface area is 143 Å². The van der Waals surface area contributed by atoms with Crippen LogP contribution in [-0.4, -0.2) is 23.5 Å². The molecule has 1 aromatic carbocycles. The fraction of sp³-hybridized carbons (Fsp3) is 0.176. The Hall–Kier alpha value is -2.98. The molecular weight excluding hydrogens is 326 g/mol. The molecule has 0 saturated heterocycles. The van der Waals surface area contributed by atoms with Crippen LogP contribution >= 0.6 is 11.3 Å². The number of carbonyl (C=O) groups excluding carboxylic acids is 2. The van der Waals surface area contributed by atoms with Crippen LogP contribution in [-0.2, 0) is 14.3 Å². The van der Waals surface area contributed by atoms with E-state index in [9.17, 15) is 9.59 Å². The predicted octanol–water partition coefficient (Wildman–Crippen LogP) is 3.30. The Balaban J connectivity index is 2.33. The van der Waals surface area contributed by atoms with E-state index in [-0.39, 0.29) is 18.1 Å². The van der Waals surface area contributed by atoms with Gasteiger partial charge in [0.1, 0.15) is 11.6 Å². The van der Waals surface area contributed by atoms with Gasteiger partial charge in [0, 0.05) is 12.3 Å². The summed E-state index contributed by atoms with van der Waals surface area (Å²) in [5, 5.41) is 11.2. The van der Waals surface area contributed by atoms with Crippen LogP contribution in [0, 0.1) is 11.3 Å². The largest absolute Gasteiger partial charge is 0.462 e. The van der Waals surface area contributed by atoms with Gasteiger partial charge in [0.05, 0.1) is 18.0 Å². The molecule has 7 heteroatoms. The Morgan fingerprint density at radius 2 is 2.08 bits per heavy atom. The number of aromatic nitrogens is 1. The minimum atomic E-state index is -0.693. The van der Waals surface area contributed by atoms with Crippen molar-refractivity contribution in [2.24, 2.45) is 0 Å². The first kappa shape index (κ1) is 17.4. The summed E-state index contributed by atoms with van der Waals surface area (Å²) >= 11 is 1.25. The number of carbonyl (C=O) groups is 2. The quantitative estimate of drug-likeness (QED) is 0.473. The first-order valence-corrected chi connectivity index (χ1v) is 8.05. The van der Waals surface area contributed by atoms with Crippen LogP contribution < -0.4 is 4.90 Å². The molecule has 2 rings (SSSR count). The molecule has 0 aliphatic heterocycles. The SMILES string of the molecule is CCOC(=O)/C(C#N)=C/c1csc(N(C(C)=O)c2ccccc2)n1. The van der Waals surface area contributed by atoms with Gasteiger partial charge in [-0.25, -0.2) is 9.78 Å². The van der Waals surface area contributed by atoms with Crippen molar-refractivity contribution in [3.8, 4) is 6.07 Å². The highest BCUT2D eigenvalue weighted by Gasteiger charge is 2.18. The van der Waals surface area contributed by atoms with Crippen molar-refractivity contribution in [3.05, 3.63) is 47.0 Å². The average Bonchev–Trinajstić information content (AvgIpc) is 3.01. The second kappa shape index (κ2) is 8.04. The lowest BCUT2D eigenvalue weighted by Crippen LogP contribution is -2.22. The number of hydrogen-bond acceptors (Lipinski definition) is 6. The standard InChI is InChI=1S/C17H15N3O3S/c1-3-23-16(22)13(10-18)9-14-11-24-17(19-14)20(12(2)21)15-7-5-4-6-8-15/h4-9,11H,3H2,1-2H3/b13-9+. The average molecular weight is 341 g/mol. The first-order chi connectivity index (χ1) is 11.6. The van der Waals surface area contributed by atoms with Crippen molar-refractivity contribution < 1.29 is 14.3 Å². The van der Waals surface area contributed by atoms with E-state index < -0.39 is 5.97 Å². The van der Waals surface area contributed by atoms with E-state index >= 15 is 0 Å². The summed E-state index contributed by atoms with van der Waals surface area (Å²) in [5.41, 5.74) is 0.977. The molecule has 24 heavy (non-hydrogen) atoms. The lowest BCUT2D eigenvalue weighted by molar-refractivity contribution is -0.137. The lowest BCUT2D eigenvalue weighted by atomic mass is 10.2. The van der Waals surface area contributed by atoms with Gasteiger partial charge >= 0.3 is 5.97 Å². The van der Waals surface area contributed by atoms with Gasteiger partial charge in [-0.05, 0) is 25.1 Å². The smallest absolute Gasteiger partial charge is 0.348 e. The number of thiazole rings is 1. The Bertz CT molecular complexity index is 806. The van der Waals surface area contributed by atoms with Crippen molar-refractivity contribution in [2.45, 2.75) is 13.8 Å². The predicted molar refractivity (Wildman–Crippen MR) is 91.6 cm³/mol. The van der Waals surface area contributed by atoms with Gasteiger partial charge in [-0.3, -0.25) is 9.69 Å². The molecule has 0 N–H and O–H groups in total. The molecular formula is C17H15N3O3S. The van der Waals surface area contributed by atoms with E-state index in [2.05, 4.69) is 4.98 Å². The van der Waals surface area contributed by atoms with E-state index in [4.69, 9.17) is 10.00 Å². The highest BCUT2D eigenvalue weighted by molar-refractivity contribution is 7.14. The van der Waals surface area contributed by atoms with Crippen LogP contribution in [0.15, 0.2) is 41.3 Å². The maximum Gasteiger partial charge on any atom is 0.348 e. The van der Waals surface area contributed by atoms with Gasteiger partial charge in [-0.15, -0.1) is 11.3 Å². The molecule has 6 nitrogen and oxygen atoms in total. The second-order valence-corrected chi connectivity index (χ2v) is 5.47. The van der Waals surface area contributed by atoms with Gasteiger partial charge in [0.15, 0.2) is 5.13 Å². The molecule has 122 valence electrons. The molecule has 2 aromatic rings. The number of benzene rings is 1. The topological polar surface area (TPSA) is 83.3 Å². The van der Waals surface area contributed by atoms with Gasteiger partial charge < -0.3 is 4.74 Å². The van der Waals surface area contributed by atoms with Gasteiger partial charge in [0.2, 0.25) is 5.91 Å². The summed E-state index contributed by atoms with van der Waals surface area (Å²) < 4.78 is 4.81. The molecule has 0 spiro atoms. The van der Waals surface area contributed by atoms with Crippen LogP contribution in [0.1, 0.15) is 19.5 Å². The highest BCUT2D eigenvalue weighted by atomic mass is 32.1. The van der Waals surface area contributed by atoms with Crippen molar-refractivity contribution in [3.63, 3.8) is 0 Å². The van der Waals surface area contributed by atoms with E-state index in [1.54, 1.807) is 30.5 Å². The third kappa shape index (κ3) is 4.06. The van der Waals surface area contributed by atoms with Crippen molar-refractivity contribution in [1.29, 1.82) is 5.26 Å². The summed E-state index contributed by atoms with van der Waals surface area (Å²) in [4.78, 5) is 29.4. The van der Waals surface area contributed by atoms with Gasteiger partial charge in [-0.1, -0.05) is 18.2 Å². The number of para-hydroxylation sites is 1. The summed E-state index contributed by atoms with van der Waals surface area (Å²) in [5.74, 6) is -0.877. The van der Waals surface area contributed by atoms with E-state index in [0.29, 0.717) is 16.5 Å². The normalized spacial score (nSPS) is 10.8. The van der Waals surface area contributed by atoms with Crippen molar-refractivity contribution in [1.82, 2.24) is 4.98 Å². The summed E-state index contributed by atoms with van der Waals surface area (Å²) in [6, 6.07) is 10.9. The Kier molecular flexibility index (Phi) is 5.82. The van der Waals surface area contributed by atoms with Crippen molar-refractivity contribution in [2.75, 3.05) is 11.5 Å². The molecule has 1 amide bonds. The number of amides is 1. The molecule has 0 atom stereocenters. The third-order valence-corrected chi connectivity index (χ3v) is 3.78. The highest BCUT2D eigenvalue weighted by Crippen LogP contribution is 2.29. The summed E-state index contributed by atoms with van der Waals surface area (Å²) in [6.45, 7) is 3.30. The monoisotopic (exact) mass is 341 g/mol. The number of rotatable bonds is 5. The van der Waals surface area contributed by atoms with Crippen LogP contribution in [0.4, 0.5) is 10.8 Å². The Morgan fingerprint density at radius 1 is 1.38 bits per heavy atom. The molecule has 0 bridgehead atoms. The van der Waals surface area contributed by atoms with Crippen molar-refractivity contribution >= 4 is 40.1 Å². The third-order valence-electron chi connectivity index (χ3n) is 2.94. The molecule has 0 fully saturated rings. The molecule has 1 aromatic heterocycles. The zero-order valence-corrected chi connectivity index (χ0v) is 14.0. The minimum Gasteiger partial charge on any atom is -0.462 e. The lowest BCUT2D eigenvalue weighted by Gasteiger charge is -2.17.